The number of hydrogen-bond acceptors (Lipinski definition) is 2. The summed E-state index contributed by atoms with van der Waals surface area (Å²) in [5, 5.41) is 3.31. The predicted molar refractivity (Wildman–Crippen MR) is 80.8 cm³/mol. The third-order valence-corrected chi connectivity index (χ3v) is 3.69. The summed E-state index contributed by atoms with van der Waals surface area (Å²) in [6.45, 7) is 6.88. The molecule has 2 rings (SSSR count). The van der Waals surface area contributed by atoms with Gasteiger partial charge in [-0.3, -0.25) is 4.79 Å². The third kappa shape index (κ3) is 4.22. The molecule has 1 saturated heterocycles. The van der Waals surface area contributed by atoms with Crippen LogP contribution in [0.5, 0.6) is 0 Å². The van der Waals surface area contributed by atoms with Crippen molar-refractivity contribution in [1.82, 2.24) is 10.2 Å². The monoisotopic (exact) mass is 282 g/mol. The minimum atomic E-state index is 0. The lowest BCUT2D eigenvalue weighted by atomic mass is 10.0. The average molecular weight is 283 g/mol. The zero-order valence-electron chi connectivity index (χ0n) is 11.7. The van der Waals surface area contributed by atoms with Crippen LogP contribution in [0, 0.1) is 6.92 Å². The van der Waals surface area contributed by atoms with E-state index in [1.165, 1.54) is 11.1 Å². The molecule has 1 aliphatic rings. The van der Waals surface area contributed by atoms with Crippen molar-refractivity contribution in [2.24, 2.45) is 0 Å². The first-order chi connectivity index (χ1) is 8.68. The topological polar surface area (TPSA) is 32.3 Å². The maximum Gasteiger partial charge on any atom is 0.223 e. The van der Waals surface area contributed by atoms with Crippen LogP contribution in [-0.4, -0.2) is 36.5 Å². The lowest BCUT2D eigenvalue weighted by molar-refractivity contribution is -0.133. The Bertz CT molecular complexity index is 422. The normalized spacial score (nSPS) is 18.8. The van der Waals surface area contributed by atoms with Crippen LogP contribution in [0.25, 0.3) is 0 Å². The van der Waals surface area contributed by atoms with Crippen LogP contribution >= 0.6 is 12.4 Å². The van der Waals surface area contributed by atoms with Gasteiger partial charge >= 0.3 is 0 Å². The summed E-state index contributed by atoms with van der Waals surface area (Å²) in [5.74, 6) is 0.284. The van der Waals surface area contributed by atoms with Gasteiger partial charge in [0, 0.05) is 32.1 Å². The molecule has 1 aliphatic heterocycles. The summed E-state index contributed by atoms with van der Waals surface area (Å²) < 4.78 is 0. The van der Waals surface area contributed by atoms with E-state index in [4.69, 9.17) is 0 Å². The van der Waals surface area contributed by atoms with Gasteiger partial charge < -0.3 is 10.2 Å². The van der Waals surface area contributed by atoms with Gasteiger partial charge in [0.05, 0.1) is 0 Å². The Kier molecular flexibility index (Phi) is 6.32. The van der Waals surface area contributed by atoms with E-state index in [1.54, 1.807) is 0 Å². The summed E-state index contributed by atoms with van der Waals surface area (Å²) in [4.78, 5) is 14.2. The summed E-state index contributed by atoms with van der Waals surface area (Å²) >= 11 is 0. The molecular formula is C15H23ClN2O. The van der Waals surface area contributed by atoms with Crippen LogP contribution in [0.2, 0.25) is 0 Å². The van der Waals surface area contributed by atoms with Gasteiger partial charge in [-0.2, -0.15) is 0 Å². The predicted octanol–water partition coefficient (Wildman–Crippen LogP) is 2.17. The second-order valence-electron chi connectivity index (χ2n) is 5.07. The van der Waals surface area contributed by atoms with Gasteiger partial charge in [0.25, 0.3) is 0 Å². The Labute approximate surface area is 121 Å². The maximum absolute atomic E-state index is 12.2. The van der Waals surface area contributed by atoms with Crippen LogP contribution in [0.3, 0.4) is 0 Å². The Hall–Kier alpha value is -1.06. The molecule has 1 aromatic carbocycles. The Morgan fingerprint density at radius 2 is 2.16 bits per heavy atom. The average Bonchev–Trinajstić information content (AvgIpc) is 2.38. The van der Waals surface area contributed by atoms with E-state index >= 15 is 0 Å². The maximum atomic E-state index is 12.2. The molecule has 0 bridgehead atoms. The molecule has 19 heavy (non-hydrogen) atoms. The van der Waals surface area contributed by atoms with Crippen molar-refractivity contribution in [3.63, 3.8) is 0 Å². The molecule has 106 valence electrons. The molecule has 1 atom stereocenters. The van der Waals surface area contributed by atoms with Gasteiger partial charge in [-0.25, -0.2) is 0 Å². The Balaban J connectivity index is 0.00000180. The SMILES string of the molecule is Cc1ccccc1CCC(=O)N1CCNCC1C.Cl. The first kappa shape index (κ1) is 16.0. The number of nitrogens with one attached hydrogen (secondary N) is 1. The summed E-state index contributed by atoms with van der Waals surface area (Å²) in [5.41, 5.74) is 2.56. The Morgan fingerprint density at radius 3 is 2.84 bits per heavy atom. The van der Waals surface area contributed by atoms with Crippen LogP contribution < -0.4 is 5.32 Å². The number of benzene rings is 1. The molecule has 1 unspecified atom stereocenters. The highest BCUT2D eigenvalue weighted by atomic mass is 35.5. The van der Waals surface area contributed by atoms with Crippen molar-refractivity contribution in [3.8, 4) is 0 Å². The number of hydrogen-bond donors (Lipinski definition) is 1. The van der Waals surface area contributed by atoms with Gasteiger partial charge in [-0.15, -0.1) is 12.4 Å². The second-order valence-corrected chi connectivity index (χ2v) is 5.07. The molecule has 0 radical (unpaired) electrons. The van der Waals surface area contributed by atoms with E-state index in [0.717, 1.165) is 26.1 Å². The third-order valence-electron chi connectivity index (χ3n) is 3.69. The van der Waals surface area contributed by atoms with Crippen molar-refractivity contribution in [1.29, 1.82) is 0 Å². The fraction of sp³-hybridized carbons (Fsp3) is 0.533. The van der Waals surface area contributed by atoms with Gasteiger partial charge in [0.2, 0.25) is 5.91 Å². The number of piperazine rings is 1. The smallest absolute Gasteiger partial charge is 0.223 e. The number of carbonyl (C=O) groups is 1. The summed E-state index contributed by atoms with van der Waals surface area (Å²) in [7, 11) is 0. The quantitative estimate of drug-likeness (QED) is 0.922. The summed E-state index contributed by atoms with van der Waals surface area (Å²) in [6, 6.07) is 8.62. The van der Waals surface area contributed by atoms with E-state index in [1.807, 2.05) is 17.0 Å². The molecule has 1 heterocycles. The highest BCUT2D eigenvalue weighted by Gasteiger charge is 2.22. The number of carbonyl (C=O) groups excluding carboxylic acids is 1. The fourth-order valence-corrected chi connectivity index (χ4v) is 2.49. The number of nitrogens with zero attached hydrogens (tertiary/aromatic N) is 1. The van der Waals surface area contributed by atoms with Crippen molar-refractivity contribution in [3.05, 3.63) is 35.4 Å². The molecule has 4 heteroatoms. The number of rotatable bonds is 3. The minimum absolute atomic E-state index is 0. The zero-order valence-corrected chi connectivity index (χ0v) is 12.5. The van der Waals surface area contributed by atoms with E-state index in [0.29, 0.717) is 12.5 Å². The van der Waals surface area contributed by atoms with Crippen LogP contribution in [0.1, 0.15) is 24.5 Å². The van der Waals surface area contributed by atoms with Crippen LogP contribution in [0.4, 0.5) is 0 Å². The molecule has 1 fully saturated rings. The first-order valence-electron chi connectivity index (χ1n) is 6.73. The molecular weight excluding hydrogens is 260 g/mol. The van der Waals surface area contributed by atoms with Gasteiger partial charge in [-0.1, -0.05) is 24.3 Å². The molecule has 0 aliphatic carbocycles. The molecule has 0 aromatic heterocycles. The van der Waals surface area contributed by atoms with Crippen LogP contribution in [0.15, 0.2) is 24.3 Å². The molecule has 0 saturated carbocycles. The highest BCUT2D eigenvalue weighted by molar-refractivity contribution is 5.85. The fourth-order valence-electron chi connectivity index (χ4n) is 2.49. The zero-order chi connectivity index (χ0) is 13.0. The standard InChI is InChI=1S/C15H22N2O.ClH/c1-12-5-3-4-6-14(12)7-8-15(18)17-10-9-16-11-13(17)2;/h3-6,13,16H,7-11H2,1-2H3;1H. The molecule has 1 aromatic rings. The van der Waals surface area contributed by atoms with Gasteiger partial charge in [-0.05, 0) is 31.4 Å². The lowest BCUT2D eigenvalue weighted by Crippen LogP contribution is -2.52. The Morgan fingerprint density at radius 1 is 1.42 bits per heavy atom. The van der Waals surface area contributed by atoms with Gasteiger partial charge in [0.1, 0.15) is 0 Å². The van der Waals surface area contributed by atoms with E-state index in [2.05, 4.69) is 31.3 Å². The van der Waals surface area contributed by atoms with Crippen LogP contribution in [-0.2, 0) is 11.2 Å². The number of aryl methyl sites for hydroxylation is 2. The molecule has 0 spiro atoms. The second kappa shape index (κ2) is 7.51. The minimum Gasteiger partial charge on any atom is -0.337 e. The summed E-state index contributed by atoms with van der Waals surface area (Å²) in [6.07, 6.45) is 1.47. The van der Waals surface area contributed by atoms with Crippen molar-refractivity contribution >= 4 is 18.3 Å². The highest BCUT2D eigenvalue weighted by Crippen LogP contribution is 2.12. The molecule has 1 N–H and O–H groups in total. The van der Waals surface area contributed by atoms with E-state index in [-0.39, 0.29) is 18.3 Å². The van der Waals surface area contributed by atoms with E-state index < -0.39 is 0 Å². The molecule has 1 amide bonds. The number of amides is 1. The van der Waals surface area contributed by atoms with Crippen molar-refractivity contribution < 1.29 is 4.79 Å². The number of halogens is 1. The van der Waals surface area contributed by atoms with E-state index in [9.17, 15) is 4.79 Å². The molecule has 3 nitrogen and oxygen atoms in total. The van der Waals surface area contributed by atoms with Crippen molar-refractivity contribution in [2.45, 2.75) is 32.7 Å². The van der Waals surface area contributed by atoms with Crippen molar-refractivity contribution in [2.75, 3.05) is 19.6 Å². The lowest BCUT2D eigenvalue weighted by Gasteiger charge is -2.34. The largest absolute Gasteiger partial charge is 0.337 e. The van der Waals surface area contributed by atoms with Gasteiger partial charge in [0.15, 0.2) is 0 Å². The first-order valence-corrected chi connectivity index (χ1v) is 6.73.